The summed E-state index contributed by atoms with van der Waals surface area (Å²) in [4.78, 5) is 25.1. The Labute approximate surface area is 186 Å². The van der Waals surface area contributed by atoms with Crippen molar-refractivity contribution in [3.05, 3.63) is 57.3 Å². The van der Waals surface area contributed by atoms with Crippen molar-refractivity contribution in [1.29, 1.82) is 0 Å². The summed E-state index contributed by atoms with van der Waals surface area (Å²) < 4.78 is 6.06. The highest BCUT2D eigenvalue weighted by molar-refractivity contribution is 9.10. The van der Waals surface area contributed by atoms with E-state index in [1.807, 2.05) is 41.8 Å². The van der Waals surface area contributed by atoms with E-state index in [1.165, 1.54) is 11.3 Å². The van der Waals surface area contributed by atoms with Crippen LogP contribution in [0.15, 0.2) is 52.4 Å². The van der Waals surface area contributed by atoms with Gasteiger partial charge in [-0.15, -0.1) is 11.3 Å². The highest BCUT2D eigenvalue weighted by atomic mass is 79.9. The molecule has 1 aromatic carbocycles. The predicted octanol–water partition coefficient (Wildman–Crippen LogP) is 4.69. The number of imidazole rings is 1. The minimum atomic E-state index is -0.0322. The highest BCUT2D eigenvalue weighted by Crippen LogP contribution is 2.31. The van der Waals surface area contributed by atoms with Crippen molar-refractivity contribution in [2.45, 2.75) is 6.42 Å². The zero-order valence-corrected chi connectivity index (χ0v) is 18.6. The van der Waals surface area contributed by atoms with E-state index in [-0.39, 0.29) is 5.91 Å². The number of nitrogens with zero attached hydrogens (tertiary/aromatic N) is 2. The molecule has 0 fully saturated rings. The van der Waals surface area contributed by atoms with E-state index < -0.39 is 0 Å². The summed E-state index contributed by atoms with van der Waals surface area (Å²) in [6.45, 7) is 1.29. The molecule has 4 aromatic rings. The molecule has 0 unspecified atom stereocenters. The van der Waals surface area contributed by atoms with Gasteiger partial charge in [0.15, 0.2) is 5.65 Å². The second-order valence-corrected chi connectivity index (χ2v) is 8.31. The number of carbonyl (C=O) groups is 1. The molecule has 0 saturated carbocycles. The fraction of sp³-hybridized carbons (Fsp3) is 0.190. The molecule has 0 aliphatic carbocycles. The molecule has 30 heavy (non-hydrogen) atoms. The Morgan fingerprint density at radius 3 is 2.80 bits per heavy atom. The van der Waals surface area contributed by atoms with E-state index in [0.717, 1.165) is 44.1 Å². The second kappa shape index (κ2) is 9.27. The van der Waals surface area contributed by atoms with Crippen molar-refractivity contribution in [2.24, 2.45) is 0 Å². The summed E-state index contributed by atoms with van der Waals surface area (Å²) in [6, 6.07) is 11.4. The van der Waals surface area contributed by atoms with Crippen molar-refractivity contribution in [2.75, 3.05) is 25.5 Å². The van der Waals surface area contributed by atoms with Gasteiger partial charge in [-0.25, -0.2) is 9.97 Å². The number of fused-ring (bicyclic) bond motifs is 1. The lowest BCUT2D eigenvalue weighted by molar-refractivity contribution is 0.0957. The number of pyridine rings is 1. The summed E-state index contributed by atoms with van der Waals surface area (Å²) in [5.41, 5.74) is 3.32. The van der Waals surface area contributed by atoms with Crippen LogP contribution >= 0.6 is 27.3 Å². The van der Waals surface area contributed by atoms with Gasteiger partial charge in [-0.3, -0.25) is 4.79 Å². The number of benzene rings is 1. The van der Waals surface area contributed by atoms with Crippen molar-refractivity contribution in [3.63, 3.8) is 0 Å². The van der Waals surface area contributed by atoms with Crippen LogP contribution in [0.3, 0.4) is 0 Å². The molecule has 0 bridgehead atoms. The van der Waals surface area contributed by atoms with Gasteiger partial charge in [0.2, 0.25) is 0 Å². The van der Waals surface area contributed by atoms with Gasteiger partial charge in [-0.1, -0.05) is 6.07 Å². The number of hydrogen-bond acceptors (Lipinski definition) is 6. The zero-order valence-electron chi connectivity index (χ0n) is 16.2. The van der Waals surface area contributed by atoms with Crippen LogP contribution in [0.1, 0.15) is 16.1 Å². The minimum absolute atomic E-state index is 0.0322. The first-order valence-corrected chi connectivity index (χ1v) is 11.1. The van der Waals surface area contributed by atoms with Crippen LogP contribution in [0.25, 0.3) is 22.6 Å². The first-order chi connectivity index (χ1) is 14.7. The average Bonchev–Trinajstić information content (AvgIpc) is 3.45. The Morgan fingerprint density at radius 1 is 1.23 bits per heavy atom. The van der Waals surface area contributed by atoms with Gasteiger partial charge < -0.3 is 20.4 Å². The number of hydrogen-bond donors (Lipinski definition) is 3. The molecule has 1 amide bonds. The molecule has 0 aliphatic rings. The molecular formula is C21H20BrN5O2S. The number of aromatic amines is 1. The first-order valence-electron chi connectivity index (χ1n) is 9.40. The SMILES string of the molecule is COc1ccc(-c2nc3ncc(Br)c(NCCCNC(=O)c4cccs4)c3[nH]2)cc1. The molecule has 0 aliphatic heterocycles. The van der Waals surface area contributed by atoms with Gasteiger partial charge in [0.05, 0.1) is 22.1 Å². The van der Waals surface area contributed by atoms with Crippen LogP contribution in [-0.4, -0.2) is 41.1 Å². The van der Waals surface area contributed by atoms with E-state index in [2.05, 4.69) is 41.5 Å². The number of aromatic nitrogens is 3. The van der Waals surface area contributed by atoms with E-state index in [4.69, 9.17) is 4.74 Å². The number of amides is 1. The number of thiophene rings is 1. The lowest BCUT2D eigenvalue weighted by Crippen LogP contribution is -2.25. The van der Waals surface area contributed by atoms with Crippen molar-refractivity contribution >= 4 is 50.0 Å². The summed E-state index contributed by atoms with van der Waals surface area (Å²) in [5, 5.41) is 8.25. The number of carbonyl (C=O) groups excluding carboxylic acids is 1. The summed E-state index contributed by atoms with van der Waals surface area (Å²) in [6.07, 6.45) is 2.52. The van der Waals surface area contributed by atoms with Crippen LogP contribution in [0.5, 0.6) is 5.75 Å². The maximum atomic E-state index is 12.0. The Bertz CT molecular complexity index is 1140. The molecule has 3 aromatic heterocycles. The third kappa shape index (κ3) is 4.47. The largest absolute Gasteiger partial charge is 0.497 e. The maximum Gasteiger partial charge on any atom is 0.261 e. The number of rotatable bonds is 8. The molecule has 154 valence electrons. The van der Waals surface area contributed by atoms with Crippen LogP contribution < -0.4 is 15.4 Å². The van der Waals surface area contributed by atoms with Crippen LogP contribution in [-0.2, 0) is 0 Å². The number of nitrogens with one attached hydrogen (secondary N) is 3. The smallest absolute Gasteiger partial charge is 0.261 e. The topological polar surface area (TPSA) is 91.9 Å². The Kier molecular flexibility index (Phi) is 6.29. The fourth-order valence-corrected chi connectivity index (χ4v) is 4.07. The van der Waals surface area contributed by atoms with E-state index in [9.17, 15) is 4.79 Å². The fourth-order valence-electron chi connectivity index (χ4n) is 2.99. The van der Waals surface area contributed by atoms with E-state index >= 15 is 0 Å². The van der Waals surface area contributed by atoms with Crippen molar-refractivity contribution < 1.29 is 9.53 Å². The first kappa shape index (κ1) is 20.4. The molecule has 3 heterocycles. The summed E-state index contributed by atoms with van der Waals surface area (Å²) in [7, 11) is 1.64. The third-order valence-corrected chi connectivity index (χ3v) is 5.99. The Hall–Kier alpha value is -2.91. The minimum Gasteiger partial charge on any atom is -0.497 e. The number of methoxy groups -OCH3 is 1. The average molecular weight is 486 g/mol. The number of ether oxygens (including phenoxy) is 1. The predicted molar refractivity (Wildman–Crippen MR) is 123 cm³/mol. The molecule has 0 saturated heterocycles. The number of anilines is 1. The monoisotopic (exact) mass is 485 g/mol. The summed E-state index contributed by atoms with van der Waals surface area (Å²) in [5.74, 6) is 1.50. The lowest BCUT2D eigenvalue weighted by atomic mass is 10.2. The molecule has 0 atom stereocenters. The normalized spacial score (nSPS) is 10.9. The molecular weight excluding hydrogens is 466 g/mol. The van der Waals surface area contributed by atoms with Crippen molar-refractivity contribution in [1.82, 2.24) is 20.3 Å². The molecule has 3 N–H and O–H groups in total. The standard InChI is InChI=1S/C21H20BrN5O2S/c1-29-14-7-5-13(6-8-14)19-26-18-17(15(22)12-25-20(18)27-19)23-9-3-10-24-21(28)16-4-2-11-30-16/h2,4-8,11-12H,3,9-10H2,1H3,(H,24,28)(H2,23,25,26,27). The lowest BCUT2D eigenvalue weighted by Gasteiger charge is -2.09. The van der Waals surface area contributed by atoms with Gasteiger partial charge >= 0.3 is 0 Å². The van der Waals surface area contributed by atoms with Gasteiger partial charge in [0.1, 0.15) is 17.1 Å². The van der Waals surface area contributed by atoms with Gasteiger partial charge in [0.25, 0.3) is 5.91 Å². The highest BCUT2D eigenvalue weighted by Gasteiger charge is 2.13. The quantitative estimate of drug-likeness (QED) is 0.315. The van der Waals surface area contributed by atoms with Crippen molar-refractivity contribution in [3.8, 4) is 17.1 Å². The molecule has 9 heteroatoms. The second-order valence-electron chi connectivity index (χ2n) is 6.51. The van der Waals surface area contributed by atoms with Crippen LogP contribution in [0.2, 0.25) is 0 Å². The molecule has 4 rings (SSSR count). The maximum absolute atomic E-state index is 12.0. The number of H-pyrrole nitrogens is 1. The molecule has 0 spiro atoms. The van der Waals surface area contributed by atoms with E-state index in [1.54, 1.807) is 13.3 Å². The van der Waals surface area contributed by atoms with Gasteiger partial charge in [-0.2, -0.15) is 0 Å². The Balaban J connectivity index is 1.42. The van der Waals surface area contributed by atoms with Crippen LogP contribution in [0.4, 0.5) is 5.69 Å². The van der Waals surface area contributed by atoms with Gasteiger partial charge in [0, 0.05) is 24.8 Å². The molecule has 7 nitrogen and oxygen atoms in total. The summed E-state index contributed by atoms with van der Waals surface area (Å²) >= 11 is 5.00. The van der Waals surface area contributed by atoms with Crippen LogP contribution in [0, 0.1) is 0 Å². The van der Waals surface area contributed by atoms with Gasteiger partial charge in [-0.05, 0) is 58.1 Å². The van der Waals surface area contributed by atoms with E-state index in [0.29, 0.717) is 18.7 Å². The Morgan fingerprint density at radius 2 is 2.07 bits per heavy atom. The third-order valence-electron chi connectivity index (χ3n) is 4.52. The zero-order chi connectivity index (χ0) is 20.9. The molecule has 0 radical (unpaired) electrons. The number of halogens is 1.